The minimum absolute atomic E-state index is 0.0156. The van der Waals surface area contributed by atoms with Crippen LogP contribution in [0.3, 0.4) is 0 Å². The fourth-order valence-electron chi connectivity index (χ4n) is 4.07. The van der Waals surface area contributed by atoms with E-state index in [4.69, 9.17) is 4.74 Å². The number of hydrogen-bond donors (Lipinski definition) is 1. The van der Waals surface area contributed by atoms with Gasteiger partial charge in [0.15, 0.2) is 0 Å². The average molecular weight is 431 g/mol. The van der Waals surface area contributed by atoms with Crippen molar-refractivity contribution in [1.29, 1.82) is 0 Å². The number of benzene rings is 3. The molecule has 6 heteroatoms. The number of amides is 1. The molecule has 3 aromatic carbocycles. The predicted octanol–water partition coefficient (Wildman–Crippen LogP) is 5.08. The number of nitrogens with zero attached hydrogens (tertiary/aromatic N) is 1. The van der Waals surface area contributed by atoms with Gasteiger partial charge in [0.25, 0.3) is 11.7 Å². The summed E-state index contributed by atoms with van der Waals surface area (Å²) in [5, 5.41) is 11.2. The maximum absolute atomic E-state index is 13.5. The van der Waals surface area contributed by atoms with Crippen molar-refractivity contribution in [1.82, 2.24) is 0 Å². The molecule has 3 aromatic rings. The van der Waals surface area contributed by atoms with Crippen LogP contribution >= 0.6 is 0 Å². The Morgan fingerprint density at radius 3 is 2.28 bits per heavy atom. The highest BCUT2D eigenvalue weighted by molar-refractivity contribution is 6.51. The van der Waals surface area contributed by atoms with Gasteiger partial charge in [-0.1, -0.05) is 24.3 Å². The monoisotopic (exact) mass is 431 g/mol. The van der Waals surface area contributed by atoms with E-state index >= 15 is 0 Å². The van der Waals surface area contributed by atoms with Crippen molar-refractivity contribution < 1.29 is 23.8 Å². The summed E-state index contributed by atoms with van der Waals surface area (Å²) in [6, 6.07) is 16.9. The first-order valence-electron chi connectivity index (χ1n) is 10.1. The Bertz CT molecular complexity index is 1250. The van der Waals surface area contributed by atoms with Crippen LogP contribution in [0.15, 0.2) is 72.3 Å². The summed E-state index contributed by atoms with van der Waals surface area (Å²) in [6.45, 7) is 3.70. The molecule has 0 spiro atoms. The van der Waals surface area contributed by atoms with Crippen LogP contribution in [0, 0.1) is 19.7 Å². The summed E-state index contributed by atoms with van der Waals surface area (Å²) in [6.07, 6.45) is 0. The Morgan fingerprint density at radius 2 is 1.66 bits per heavy atom. The minimum Gasteiger partial charge on any atom is -0.507 e. The zero-order valence-electron chi connectivity index (χ0n) is 17.9. The van der Waals surface area contributed by atoms with Crippen LogP contribution < -0.4 is 9.64 Å². The van der Waals surface area contributed by atoms with Gasteiger partial charge in [0, 0.05) is 11.3 Å². The quantitative estimate of drug-likeness (QED) is 0.356. The van der Waals surface area contributed by atoms with E-state index in [1.54, 1.807) is 25.3 Å². The number of aliphatic hydroxyl groups is 1. The largest absolute Gasteiger partial charge is 0.507 e. The Labute approximate surface area is 185 Å². The van der Waals surface area contributed by atoms with Crippen LogP contribution in [-0.4, -0.2) is 23.9 Å². The lowest BCUT2D eigenvalue weighted by Gasteiger charge is -2.26. The molecule has 1 heterocycles. The first-order valence-corrected chi connectivity index (χ1v) is 10.1. The van der Waals surface area contributed by atoms with Crippen LogP contribution in [0.2, 0.25) is 0 Å². The van der Waals surface area contributed by atoms with Gasteiger partial charge in [-0.2, -0.15) is 0 Å². The number of ether oxygens (including phenoxy) is 1. The number of hydrogen-bond acceptors (Lipinski definition) is 4. The molecule has 1 aliphatic heterocycles. The molecule has 1 aliphatic rings. The summed E-state index contributed by atoms with van der Waals surface area (Å²) >= 11 is 0. The lowest BCUT2D eigenvalue weighted by Crippen LogP contribution is -2.29. The van der Waals surface area contributed by atoms with Crippen molar-refractivity contribution in [2.75, 3.05) is 12.0 Å². The lowest BCUT2D eigenvalue weighted by atomic mass is 9.92. The van der Waals surface area contributed by atoms with Crippen LogP contribution in [0.1, 0.15) is 28.3 Å². The molecule has 0 radical (unpaired) electrons. The maximum Gasteiger partial charge on any atom is 0.300 e. The molecule has 0 bridgehead atoms. The number of carbonyl (C=O) groups is 2. The van der Waals surface area contributed by atoms with E-state index in [1.807, 2.05) is 38.1 Å². The number of anilines is 1. The number of methoxy groups -OCH3 is 1. The van der Waals surface area contributed by atoms with E-state index in [-0.39, 0.29) is 11.3 Å². The topological polar surface area (TPSA) is 66.8 Å². The normalized spacial score (nSPS) is 17.6. The molecule has 1 fully saturated rings. The molecule has 162 valence electrons. The highest BCUT2D eigenvalue weighted by atomic mass is 19.1. The fourth-order valence-corrected chi connectivity index (χ4v) is 4.07. The Kier molecular flexibility index (Phi) is 5.53. The molecule has 5 nitrogen and oxygen atoms in total. The number of halogens is 1. The predicted molar refractivity (Wildman–Crippen MR) is 120 cm³/mol. The molecule has 0 saturated carbocycles. The zero-order chi connectivity index (χ0) is 23.0. The van der Waals surface area contributed by atoms with E-state index < -0.39 is 23.5 Å². The summed E-state index contributed by atoms with van der Waals surface area (Å²) in [7, 11) is 1.55. The number of Topliss-reactive ketones (excluding diaryl/α,β-unsaturated/α-hetero) is 1. The van der Waals surface area contributed by atoms with Crippen molar-refractivity contribution >= 4 is 23.1 Å². The smallest absolute Gasteiger partial charge is 0.300 e. The van der Waals surface area contributed by atoms with E-state index in [2.05, 4.69) is 0 Å². The third-order valence-electron chi connectivity index (χ3n) is 5.70. The van der Waals surface area contributed by atoms with Crippen molar-refractivity contribution in [2.24, 2.45) is 0 Å². The van der Waals surface area contributed by atoms with Gasteiger partial charge in [0.05, 0.1) is 18.7 Å². The van der Waals surface area contributed by atoms with Crippen LogP contribution in [0.5, 0.6) is 5.75 Å². The summed E-state index contributed by atoms with van der Waals surface area (Å²) in [4.78, 5) is 27.6. The first-order chi connectivity index (χ1) is 15.3. The first kappa shape index (κ1) is 21.3. The van der Waals surface area contributed by atoms with E-state index in [0.29, 0.717) is 22.6 Å². The molecule has 4 rings (SSSR count). The van der Waals surface area contributed by atoms with Crippen molar-refractivity contribution in [3.8, 4) is 5.75 Å². The summed E-state index contributed by atoms with van der Waals surface area (Å²) in [5.74, 6) is -1.66. The molecule has 1 atom stereocenters. The third-order valence-corrected chi connectivity index (χ3v) is 5.70. The SMILES string of the molecule is COc1ccc(/C(O)=C2\C(=O)C(=O)N(c3ccc(F)cc3)C2c2ccccc2C)cc1C. The molecule has 32 heavy (non-hydrogen) atoms. The number of rotatable bonds is 4. The maximum atomic E-state index is 13.5. The van der Waals surface area contributed by atoms with Gasteiger partial charge in [-0.25, -0.2) is 4.39 Å². The number of ketones is 1. The van der Waals surface area contributed by atoms with Crippen molar-refractivity contribution in [2.45, 2.75) is 19.9 Å². The van der Waals surface area contributed by atoms with E-state index in [0.717, 1.165) is 11.1 Å². The second-order valence-corrected chi connectivity index (χ2v) is 7.69. The number of aliphatic hydroxyl groups excluding tert-OH is 1. The van der Waals surface area contributed by atoms with Gasteiger partial charge < -0.3 is 9.84 Å². The van der Waals surface area contributed by atoms with Gasteiger partial charge in [-0.3, -0.25) is 14.5 Å². The second kappa shape index (κ2) is 8.30. The molecular formula is C26H22FNO4. The van der Waals surface area contributed by atoms with Crippen LogP contribution in [0.25, 0.3) is 5.76 Å². The highest BCUT2D eigenvalue weighted by Gasteiger charge is 2.47. The van der Waals surface area contributed by atoms with Gasteiger partial charge >= 0.3 is 0 Å². The molecule has 0 aromatic heterocycles. The van der Waals surface area contributed by atoms with Gasteiger partial charge in [-0.15, -0.1) is 0 Å². The summed E-state index contributed by atoms with van der Waals surface area (Å²) < 4.78 is 18.8. The molecule has 0 aliphatic carbocycles. The third kappa shape index (κ3) is 3.54. The number of aryl methyl sites for hydroxylation is 2. The van der Waals surface area contributed by atoms with Crippen LogP contribution in [0.4, 0.5) is 10.1 Å². The number of carbonyl (C=O) groups excluding carboxylic acids is 2. The Hall–Kier alpha value is -3.93. The molecule has 1 saturated heterocycles. The van der Waals surface area contributed by atoms with Gasteiger partial charge in [0.2, 0.25) is 0 Å². The molecule has 1 amide bonds. The molecule has 1 N–H and O–H groups in total. The van der Waals surface area contributed by atoms with Gasteiger partial charge in [0.1, 0.15) is 17.3 Å². The second-order valence-electron chi connectivity index (χ2n) is 7.69. The Balaban J connectivity index is 1.96. The van der Waals surface area contributed by atoms with Crippen LogP contribution in [-0.2, 0) is 9.59 Å². The standard InChI is InChI=1S/C26H22FNO4/c1-15-6-4-5-7-20(15)23-22(24(29)17-8-13-21(32-3)16(2)14-17)25(30)26(31)28(23)19-11-9-18(27)10-12-19/h4-14,23,29H,1-3H3/b24-22+. The average Bonchev–Trinajstić information content (AvgIpc) is 3.04. The van der Waals surface area contributed by atoms with E-state index in [1.165, 1.54) is 29.2 Å². The molecule has 1 unspecified atom stereocenters. The van der Waals surface area contributed by atoms with Gasteiger partial charge in [-0.05, 0) is 73.0 Å². The fraction of sp³-hybridized carbons (Fsp3) is 0.154. The summed E-state index contributed by atoms with van der Waals surface area (Å²) in [5.41, 5.74) is 3.08. The van der Waals surface area contributed by atoms with Crippen molar-refractivity contribution in [3.63, 3.8) is 0 Å². The van der Waals surface area contributed by atoms with Crippen molar-refractivity contribution in [3.05, 3.63) is 100 Å². The van der Waals surface area contributed by atoms with E-state index in [9.17, 15) is 19.1 Å². The molecular weight excluding hydrogens is 409 g/mol. The zero-order valence-corrected chi connectivity index (χ0v) is 17.9. The lowest BCUT2D eigenvalue weighted by molar-refractivity contribution is -0.132. The highest BCUT2D eigenvalue weighted by Crippen LogP contribution is 2.43. The minimum atomic E-state index is -0.857. The Morgan fingerprint density at radius 1 is 0.969 bits per heavy atom.